The van der Waals surface area contributed by atoms with Crippen LogP contribution >= 0.6 is 11.6 Å². The van der Waals surface area contributed by atoms with E-state index in [-0.39, 0.29) is 0 Å². The molecule has 3 atom stereocenters. The molecule has 3 aliphatic rings. The minimum Gasteiger partial charge on any atom is -0.315 e. The highest BCUT2D eigenvalue weighted by molar-refractivity contribution is 6.15. The van der Waals surface area contributed by atoms with Gasteiger partial charge in [-0.1, -0.05) is 64.3 Å². The first kappa shape index (κ1) is 33.5. The number of nitrogens with one attached hydrogen (secondary N) is 4. The molecule has 1 aliphatic heterocycles. The van der Waals surface area contributed by atoms with Crippen molar-refractivity contribution < 1.29 is 0 Å². The third kappa shape index (κ3) is 18.8. The predicted molar refractivity (Wildman–Crippen MR) is 153 cm³/mol. The summed E-state index contributed by atoms with van der Waals surface area (Å²) < 4.78 is 0. The number of nitrogens with zero attached hydrogens (tertiary/aromatic N) is 1. The molecule has 0 amide bonds. The monoisotopic (exact) mass is 500 g/mol. The highest BCUT2D eigenvalue weighted by Crippen LogP contribution is 2.25. The van der Waals surface area contributed by atoms with Crippen LogP contribution in [-0.2, 0) is 0 Å². The normalized spacial score (nSPS) is 23.4. The maximum Gasteiger partial charge on any atom is 0.0236 e. The molecule has 34 heavy (non-hydrogen) atoms. The Hall–Kier alpha value is -0.470. The molecule has 0 spiro atoms. The summed E-state index contributed by atoms with van der Waals surface area (Å²) in [5.74, 6) is 5.95. The van der Waals surface area contributed by atoms with Gasteiger partial charge in [0.05, 0.1) is 0 Å². The summed E-state index contributed by atoms with van der Waals surface area (Å²) in [4.78, 5) is 2.62. The first-order valence-electron chi connectivity index (χ1n) is 13.9. The first-order valence-corrected chi connectivity index (χ1v) is 14.6. The number of rotatable bonds is 13. The molecule has 6 nitrogen and oxygen atoms in total. The molecule has 1 saturated heterocycles. The maximum absolute atomic E-state index is 5.20. The second-order valence-corrected chi connectivity index (χ2v) is 8.89. The molecule has 3 rings (SSSR count). The molecule has 0 aromatic carbocycles. The lowest BCUT2D eigenvalue weighted by Crippen LogP contribution is -2.35. The summed E-state index contributed by atoms with van der Waals surface area (Å²) in [6.07, 6.45) is 21.5. The zero-order chi connectivity index (χ0) is 25.3. The Morgan fingerprint density at radius 1 is 0.912 bits per heavy atom. The molecule has 7 heteroatoms. The van der Waals surface area contributed by atoms with Gasteiger partial charge in [-0.05, 0) is 51.1 Å². The van der Waals surface area contributed by atoms with Crippen molar-refractivity contribution >= 4 is 11.6 Å². The number of allylic oxidation sites excluding steroid dienone is 3. The van der Waals surface area contributed by atoms with E-state index in [1.807, 2.05) is 13.8 Å². The minimum absolute atomic E-state index is 0.748. The van der Waals surface area contributed by atoms with Crippen molar-refractivity contribution in [2.24, 2.45) is 11.8 Å². The highest BCUT2D eigenvalue weighted by Gasteiger charge is 2.33. The van der Waals surface area contributed by atoms with Crippen molar-refractivity contribution in [1.29, 1.82) is 0 Å². The average molecular weight is 501 g/mol. The molecule has 0 bridgehead atoms. The largest absolute Gasteiger partial charge is 0.315 e. The van der Waals surface area contributed by atoms with Crippen molar-refractivity contribution in [1.82, 2.24) is 26.3 Å². The fourth-order valence-corrected chi connectivity index (χ4v) is 4.43. The van der Waals surface area contributed by atoms with Crippen LogP contribution in [0.25, 0.3) is 0 Å². The van der Waals surface area contributed by atoms with Gasteiger partial charge >= 0.3 is 0 Å². The van der Waals surface area contributed by atoms with Crippen molar-refractivity contribution in [3.8, 4) is 0 Å². The van der Waals surface area contributed by atoms with E-state index < -0.39 is 0 Å². The van der Waals surface area contributed by atoms with Gasteiger partial charge in [-0.2, -0.15) is 0 Å². The summed E-state index contributed by atoms with van der Waals surface area (Å²) in [7, 11) is 0. The van der Waals surface area contributed by atoms with E-state index >= 15 is 0 Å². The molecular weight excluding hydrogens is 444 g/mol. The van der Waals surface area contributed by atoms with Crippen LogP contribution in [0.15, 0.2) is 24.3 Å². The molecule has 0 aromatic heterocycles. The molecule has 202 valence electrons. The van der Waals surface area contributed by atoms with E-state index in [4.69, 9.17) is 5.84 Å². The second kappa shape index (κ2) is 25.6. The Morgan fingerprint density at radius 2 is 1.59 bits per heavy atom. The summed E-state index contributed by atoms with van der Waals surface area (Å²) in [5, 5.41) is 10.3. The minimum atomic E-state index is 0.748. The van der Waals surface area contributed by atoms with E-state index in [9.17, 15) is 0 Å². The number of nitrogens with two attached hydrogens (primary N) is 1. The van der Waals surface area contributed by atoms with E-state index in [2.05, 4.69) is 69.1 Å². The van der Waals surface area contributed by atoms with Gasteiger partial charge in [-0.25, -0.2) is 0 Å². The number of hydrogen-bond donors (Lipinski definition) is 5. The summed E-state index contributed by atoms with van der Waals surface area (Å²) in [5.41, 5.74) is 2.64. The summed E-state index contributed by atoms with van der Waals surface area (Å²) >= 11 is 4.64. The van der Waals surface area contributed by atoms with Crippen LogP contribution in [-0.4, -0.2) is 75.7 Å². The van der Waals surface area contributed by atoms with Crippen LogP contribution in [0.1, 0.15) is 72.1 Å². The zero-order valence-corrected chi connectivity index (χ0v) is 23.5. The van der Waals surface area contributed by atoms with Crippen LogP contribution in [0, 0.1) is 5.92 Å². The smallest absolute Gasteiger partial charge is 0.0236 e. The lowest BCUT2D eigenvalue weighted by Gasteiger charge is -2.21. The molecule has 6 N–H and O–H groups in total. The van der Waals surface area contributed by atoms with Gasteiger partial charge in [0, 0.05) is 57.7 Å². The van der Waals surface area contributed by atoms with E-state index in [0.717, 1.165) is 57.3 Å². The fraction of sp³-hybridized carbons (Fsp3) is 0.852. The third-order valence-electron chi connectivity index (χ3n) is 6.31. The van der Waals surface area contributed by atoms with Crippen molar-refractivity contribution in [3.63, 3.8) is 0 Å². The highest BCUT2D eigenvalue weighted by atomic mass is 35.5. The van der Waals surface area contributed by atoms with Crippen molar-refractivity contribution in [2.75, 3.05) is 58.7 Å². The van der Waals surface area contributed by atoms with E-state index in [1.165, 1.54) is 70.8 Å². The van der Waals surface area contributed by atoms with Crippen LogP contribution < -0.4 is 27.2 Å². The van der Waals surface area contributed by atoms with Crippen LogP contribution in [0.2, 0.25) is 0 Å². The van der Waals surface area contributed by atoms with Crippen LogP contribution in [0.5, 0.6) is 0 Å². The Bertz CT molecular complexity index is 465. The lowest BCUT2D eigenvalue weighted by molar-refractivity contribution is 0.380. The fourth-order valence-electron chi connectivity index (χ4n) is 4.43. The Labute approximate surface area is 216 Å². The average Bonchev–Trinajstić information content (AvgIpc) is 3.68. The quantitative estimate of drug-likeness (QED) is 0.0863. The van der Waals surface area contributed by atoms with E-state index in [1.54, 1.807) is 0 Å². The molecule has 2 fully saturated rings. The number of halogens is 1. The lowest BCUT2D eigenvalue weighted by atomic mass is 9.96. The molecule has 1 saturated carbocycles. The standard InChI is InChI=1S/C16H31N5.C8H17N.C2H6.CH3Cl/c17-20-12-11-19-10-9-18-8-7-16-14-21(16)13-15-5-3-1-2-4-6-15;1-2-9-8-6-4-3-5-7-8;2*1-2/h1-3,5,15-16,18-20H,4,6-14,17H2;8-9H,2-7H2,1H3;1-2H3;1H3. The van der Waals surface area contributed by atoms with Crippen molar-refractivity contribution in [3.05, 3.63) is 24.3 Å². The number of alkyl halides is 1. The Morgan fingerprint density at radius 3 is 2.26 bits per heavy atom. The predicted octanol–water partition coefficient (Wildman–Crippen LogP) is 4.04. The Kier molecular flexibility index (Phi) is 25.3. The molecule has 0 aromatic rings. The zero-order valence-electron chi connectivity index (χ0n) is 22.8. The summed E-state index contributed by atoms with van der Waals surface area (Å²) in [6, 6.07) is 1.67. The van der Waals surface area contributed by atoms with Gasteiger partial charge in [-0.15, -0.1) is 11.6 Å². The van der Waals surface area contributed by atoms with Gasteiger partial charge in [0.2, 0.25) is 0 Å². The van der Waals surface area contributed by atoms with Gasteiger partial charge < -0.3 is 16.0 Å². The van der Waals surface area contributed by atoms with E-state index in [0.29, 0.717) is 0 Å². The topological polar surface area (TPSA) is 77.2 Å². The molecule has 0 radical (unpaired) electrons. The molecule has 3 unspecified atom stereocenters. The third-order valence-corrected chi connectivity index (χ3v) is 6.31. The number of hydrazine groups is 1. The van der Waals surface area contributed by atoms with Crippen LogP contribution in [0.3, 0.4) is 0 Å². The van der Waals surface area contributed by atoms with Gasteiger partial charge in [0.25, 0.3) is 0 Å². The van der Waals surface area contributed by atoms with Crippen molar-refractivity contribution in [2.45, 2.75) is 84.2 Å². The molecular formula is C27H57ClN6. The van der Waals surface area contributed by atoms with Gasteiger partial charge in [0.1, 0.15) is 0 Å². The summed E-state index contributed by atoms with van der Waals surface area (Å²) in [6.45, 7) is 14.8. The number of hydrogen-bond acceptors (Lipinski definition) is 6. The van der Waals surface area contributed by atoms with Gasteiger partial charge in [-0.3, -0.25) is 16.2 Å². The second-order valence-electron chi connectivity index (χ2n) is 8.89. The first-order chi connectivity index (χ1) is 16.8. The molecule has 1 heterocycles. The van der Waals surface area contributed by atoms with Crippen LogP contribution in [0.4, 0.5) is 0 Å². The SMILES string of the molecule is CC.CCNC1CCCCC1.CCl.NNCCNCCNCCC1CN1CC1C=CC=CCC1. The Balaban J connectivity index is 0.000000698. The molecule has 2 aliphatic carbocycles. The van der Waals surface area contributed by atoms with Gasteiger partial charge in [0.15, 0.2) is 0 Å². The maximum atomic E-state index is 5.20.